The second kappa shape index (κ2) is 10.1. The Balaban J connectivity index is 0. The summed E-state index contributed by atoms with van der Waals surface area (Å²) in [4.78, 5) is 0. The van der Waals surface area contributed by atoms with Gasteiger partial charge in [0.15, 0.2) is 0 Å². The fourth-order valence-corrected chi connectivity index (χ4v) is 3.42. The van der Waals surface area contributed by atoms with Gasteiger partial charge in [-0.25, -0.2) is 0 Å². The predicted molar refractivity (Wildman–Crippen MR) is 99.6 cm³/mol. The second-order valence-corrected chi connectivity index (χ2v) is 6.27. The molecule has 1 rings (SSSR count). The Labute approximate surface area is 150 Å². The van der Waals surface area contributed by atoms with E-state index in [4.69, 9.17) is 18.9 Å². The molecule has 1 aliphatic heterocycles. The van der Waals surface area contributed by atoms with Crippen LogP contribution in [0.15, 0.2) is 0 Å². The van der Waals surface area contributed by atoms with Crippen LogP contribution in [0, 0.1) is 0 Å². The molecule has 0 amide bonds. The maximum Gasteiger partial charge on any atom is 0.127 e. The molecule has 1 N–H and O–H groups in total. The molecule has 1 saturated heterocycles. The molecule has 0 radical (unpaired) electrons. The number of hydrogen-bond acceptors (Lipinski definition) is 5. The highest BCUT2D eigenvalue weighted by Gasteiger charge is 2.71. The van der Waals surface area contributed by atoms with Gasteiger partial charge in [0, 0.05) is 21.3 Å². The van der Waals surface area contributed by atoms with E-state index in [0.717, 1.165) is 6.42 Å². The Kier molecular flexibility index (Phi) is 10.9. The van der Waals surface area contributed by atoms with Crippen molar-refractivity contribution in [2.75, 3.05) is 27.9 Å². The summed E-state index contributed by atoms with van der Waals surface area (Å²) in [5, 5.41) is 11.1. The van der Waals surface area contributed by atoms with Crippen LogP contribution in [0.1, 0.15) is 68.7 Å². The summed E-state index contributed by atoms with van der Waals surface area (Å²) in [6.45, 7) is 17.8. The summed E-state index contributed by atoms with van der Waals surface area (Å²) in [6, 6.07) is 0. The summed E-state index contributed by atoms with van der Waals surface area (Å²) >= 11 is 0. The molecule has 24 heavy (non-hydrogen) atoms. The normalized spacial score (nSPS) is 41.6. The topological polar surface area (TPSA) is 57.2 Å². The molecule has 1 aliphatic rings. The largest absolute Gasteiger partial charge is 0.384 e. The second-order valence-electron chi connectivity index (χ2n) is 6.27. The average molecular weight is 351 g/mol. The van der Waals surface area contributed by atoms with Crippen molar-refractivity contribution in [1.82, 2.24) is 0 Å². The highest BCUT2D eigenvalue weighted by Crippen LogP contribution is 2.53. The lowest BCUT2D eigenvalue weighted by atomic mass is 9.61. The Morgan fingerprint density at radius 3 is 1.58 bits per heavy atom. The fourth-order valence-electron chi connectivity index (χ4n) is 3.42. The van der Waals surface area contributed by atoms with E-state index in [9.17, 15) is 5.11 Å². The highest BCUT2D eigenvalue weighted by atomic mass is 16.6. The van der Waals surface area contributed by atoms with Gasteiger partial charge in [-0.2, -0.15) is 0 Å². The maximum atomic E-state index is 11.1. The van der Waals surface area contributed by atoms with Crippen LogP contribution in [0.25, 0.3) is 0 Å². The van der Waals surface area contributed by atoms with Crippen molar-refractivity contribution in [3.8, 4) is 0 Å². The van der Waals surface area contributed by atoms with Crippen molar-refractivity contribution in [1.29, 1.82) is 0 Å². The SMILES string of the molecule is CC.CC.CCC1(C)OC(COC)C(C)(O)C(C)(OC)C1(C)OC. The molecule has 1 fully saturated rings. The molecular formula is C19H42O5. The lowest BCUT2D eigenvalue weighted by Gasteiger charge is -2.65. The van der Waals surface area contributed by atoms with Crippen molar-refractivity contribution >= 4 is 0 Å². The number of ether oxygens (including phenoxy) is 4. The van der Waals surface area contributed by atoms with Crippen molar-refractivity contribution in [3.05, 3.63) is 0 Å². The Hall–Kier alpha value is -0.200. The molecule has 0 saturated carbocycles. The third kappa shape index (κ3) is 3.80. The van der Waals surface area contributed by atoms with Gasteiger partial charge in [-0.1, -0.05) is 34.6 Å². The zero-order chi connectivity index (χ0) is 19.8. The molecular weight excluding hydrogens is 308 g/mol. The molecule has 0 aromatic rings. The van der Waals surface area contributed by atoms with Crippen LogP contribution in [0.5, 0.6) is 0 Å². The Morgan fingerprint density at radius 2 is 1.29 bits per heavy atom. The summed E-state index contributed by atoms with van der Waals surface area (Å²) in [7, 11) is 4.81. The van der Waals surface area contributed by atoms with Crippen molar-refractivity contribution in [2.24, 2.45) is 0 Å². The van der Waals surface area contributed by atoms with Gasteiger partial charge in [-0.3, -0.25) is 0 Å². The van der Waals surface area contributed by atoms with Crippen LogP contribution in [0.2, 0.25) is 0 Å². The minimum absolute atomic E-state index is 0.293. The molecule has 0 aromatic heterocycles. The molecule has 5 nitrogen and oxygen atoms in total. The summed E-state index contributed by atoms with van der Waals surface area (Å²) < 4.78 is 23.0. The molecule has 0 bridgehead atoms. The quantitative estimate of drug-likeness (QED) is 0.817. The van der Waals surface area contributed by atoms with Crippen LogP contribution in [0.3, 0.4) is 0 Å². The third-order valence-electron chi connectivity index (χ3n) is 5.72. The molecule has 148 valence electrons. The number of hydrogen-bond donors (Lipinski definition) is 1. The standard InChI is InChI=1S/C15H30O5.2C2H6/c1-9-12(2)14(4,18-7)15(5,19-8)13(3,16)11(20-12)10-17-6;2*1-2/h11,16H,9-10H2,1-8H3;2*1-2H3. The number of methoxy groups -OCH3 is 3. The lowest BCUT2D eigenvalue weighted by Crippen LogP contribution is -2.81. The van der Waals surface area contributed by atoms with Crippen molar-refractivity contribution < 1.29 is 24.1 Å². The van der Waals surface area contributed by atoms with Gasteiger partial charge >= 0.3 is 0 Å². The first-order valence-corrected chi connectivity index (χ1v) is 9.09. The van der Waals surface area contributed by atoms with Gasteiger partial charge in [0.05, 0.1) is 12.2 Å². The molecule has 5 heteroatoms. The average Bonchev–Trinajstić information content (AvgIpc) is 2.61. The van der Waals surface area contributed by atoms with E-state index in [-0.39, 0.29) is 0 Å². The summed E-state index contributed by atoms with van der Waals surface area (Å²) in [5.41, 5.74) is -3.60. The first-order valence-electron chi connectivity index (χ1n) is 9.09. The minimum Gasteiger partial charge on any atom is -0.384 e. The van der Waals surface area contributed by atoms with E-state index in [1.165, 1.54) is 0 Å². The van der Waals surface area contributed by atoms with Crippen LogP contribution in [0.4, 0.5) is 0 Å². The van der Waals surface area contributed by atoms with E-state index >= 15 is 0 Å². The predicted octanol–water partition coefficient (Wildman–Crippen LogP) is 3.81. The lowest BCUT2D eigenvalue weighted by molar-refractivity contribution is -0.383. The molecule has 0 spiro atoms. The molecule has 0 aliphatic carbocycles. The minimum atomic E-state index is -1.25. The van der Waals surface area contributed by atoms with Crippen LogP contribution < -0.4 is 0 Å². The Bertz CT molecular complexity index is 347. The first-order chi connectivity index (χ1) is 11.1. The summed E-state index contributed by atoms with van der Waals surface area (Å²) in [6.07, 6.45) is 0.234. The highest BCUT2D eigenvalue weighted by molar-refractivity contribution is 5.21. The van der Waals surface area contributed by atoms with Gasteiger partial charge in [0.1, 0.15) is 22.9 Å². The zero-order valence-corrected chi connectivity index (χ0v) is 18.1. The Morgan fingerprint density at radius 1 is 0.875 bits per heavy atom. The zero-order valence-electron chi connectivity index (χ0n) is 18.1. The smallest absolute Gasteiger partial charge is 0.127 e. The monoisotopic (exact) mass is 350 g/mol. The van der Waals surface area contributed by atoms with Crippen LogP contribution in [-0.4, -0.2) is 61.6 Å². The van der Waals surface area contributed by atoms with Crippen LogP contribution in [-0.2, 0) is 18.9 Å². The molecule has 5 unspecified atom stereocenters. The van der Waals surface area contributed by atoms with Gasteiger partial charge in [-0.05, 0) is 34.1 Å². The van der Waals surface area contributed by atoms with E-state index in [0.29, 0.717) is 6.61 Å². The molecule has 0 aromatic carbocycles. The number of rotatable bonds is 5. The van der Waals surface area contributed by atoms with Gasteiger partial charge in [0.25, 0.3) is 0 Å². The number of aliphatic hydroxyl groups is 1. The fraction of sp³-hybridized carbons (Fsp3) is 1.00. The van der Waals surface area contributed by atoms with Crippen LogP contribution >= 0.6 is 0 Å². The van der Waals surface area contributed by atoms with E-state index < -0.39 is 28.5 Å². The van der Waals surface area contributed by atoms with Gasteiger partial charge in [-0.15, -0.1) is 0 Å². The van der Waals surface area contributed by atoms with Gasteiger partial charge < -0.3 is 24.1 Å². The van der Waals surface area contributed by atoms with E-state index in [1.54, 1.807) is 28.3 Å². The maximum absolute atomic E-state index is 11.1. The van der Waals surface area contributed by atoms with E-state index in [2.05, 4.69) is 0 Å². The summed E-state index contributed by atoms with van der Waals surface area (Å²) in [5.74, 6) is 0. The van der Waals surface area contributed by atoms with Gasteiger partial charge in [0.2, 0.25) is 0 Å². The van der Waals surface area contributed by atoms with Crippen molar-refractivity contribution in [2.45, 2.75) is 97.2 Å². The first kappa shape index (κ1) is 26.0. The van der Waals surface area contributed by atoms with Crippen molar-refractivity contribution in [3.63, 3.8) is 0 Å². The third-order valence-corrected chi connectivity index (χ3v) is 5.72. The molecule has 5 atom stereocenters. The molecule has 1 heterocycles. The van der Waals surface area contributed by atoms with E-state index in [1.807, 2.05) is 55.4 Å².